The number of ether oxygens (including phenoxy) is 4. The highest BCUT2D eigenvalue weighted by Gasteiger charge is 2.61. The summed E-state index contributed by atoms with van der Waals surface area (Å²) in [5.74, 6) is -1.35. The van der Waals surface area contributed by atoms with Crippen LogP contribution in [-0.2, 0) is 28.5 Å². The highest BCUT2D eigenvalue weighted by atomic mass is 16.6. The van der Waals surface area contributed by atoms with Crippen LogP contribution in [0.2, 0.25) is 0 Å². The Kier molecular flexibility index (Phi) is 7.89. The van der Waals surface area contributed by atoms with E-state index in [0.29, 0.717) is 0 Å². The first-order valence-corrected chi connectivity index (χ1v) is 9.16. The monoisotopic (exact) mass is 374 g/mol. The molecule has 0 radical (unpaired) electrons. The summed E-state index contributed by atoms with van der Waals surface area (Å²) in [7, 11) is 0. The fourth-order valence-electron chi connectivity index (χ4n) is 2.40. The summed E-state index contributed by atoms with van der Waals surface area (Å²) in [6, 6.07) is 0. The Morgan fingerprint density at radius 2 is 0.808 bits per heavy atom. The molecular weight excluding hydrogens is 336 g/mol. The van der Waals surface area contributed by atoms with E-state index in [4.69, 9.17) is 18.9 Å². The number of rotatable bonds is 7. The summed E-state index contributed by atoms with van der Waals surface area (Å²) in [6.07, 6.45) is -0.685. The van der Waals surface area contributed by atoms with Crippen molar-refractivity contribution >= 4 is 11.9 Å². The van der Waals surface area contributed by atoms with Crippen LogP contribution in [0.3, 0.4) is 0 Å². The Labute approximate surface area is 158 Å². The molecule has 26 heavy (non-hydrogen) atoms. The van der Waals surface area contributed by atoms with Gasteiger partial charge in [0.1, 0.15) is 11.2 Å². The van der Waals surface area contributed by atoms with Gasteiger partial charge < -0.3 is 18.9 Å². The summed E-state index contributed by atoms with van der Waals surface area (Å²) >= 11 is 0. The molecule has 0 aliphatic rings. The van der Waals surface area contributed by atoms with E-state index in [1.807, 2.05) is 0 Å². The van der Waals surface area contributed by atoms with Crippen molar-refractivity contribution < 1.29 is 28.5 Å². The number of hydrogen-bond donors (Lipinski definition) is 0. The lowest BCUT2D eigenvalue weighted by Gasteiger charge is -2.45. The third-order valence-electron chi connectivity index (χ3n) is 3.43. The van der Waals surface area contributed by atoms with Gasteiger partial charge in [0.05, 0.1) is 12.2 Å². The molecule has 0 amide bonds. The molecule has 0 saturated carbocycles. The van der Waals surface area contributed by atoms with E-state index in [1.165, 1.54) is 13.8 Å². The predicted molar refractivity (Wildman–Crippen MR) is 101 cm³/mol. The lowest BCUT2D eigenvalue weighted by Crippen LogP contribution is -2.66. The zero-order valence-electron chi connectivity index (χ0n) is 18.6. The van der Waals surface area contributed by atoms with Gasteiger partial charge in [-0.1, -0.05) is 0 Å². The number of hydrogen-bond acceptors (Lipinski definition) is 6. The topological polar surface area (TPSA) is 71.1 Å². The smallest absolute Gasteiger partial charge is 0.342 e. The molecule has 0 aliphatic carbocycles. The van der Waals surface area contributed by atoms with Gasteiger partial charge in [-0.25, -0.2) is 9.59 Å². The Balaban J connectivity index is 6.26. The van der Waals surface area contributed by atoms with Gasteiger partial charge in [-0.2, -0.15) is 0 Å². The van der Waals surface area contributed by atoms with Crippen molar-refractivity contribution in [3.8, 4) is 0 Å². The van der Waals surface area contributed by atoms with Crippen LogP contribution in [0.4, 0.5) is 0 Å². The molecule has 0 aromatic carbocycles. The highest BCUT2D eigenvalue weighted by Crippen LogP contribution is 2.37. The number of carbonyl (C=O) groups is 2. The Bertz CT molecular complexity index is 451. The molecule has 0 bridgehead atoms. The van der Waals surface area contributed by atoms with Crippen LogP contribution in [0.15, 0.2) is 0 Å². The zero-order valence-corrected chi connectivity index (χ0v) is 18.6. The van der Waals surface area contributed by atoms with Gasteiger partial charge in [-0.15, -0.1) is 0 Å². The molecule has 0 N–H and O–H groups in total. The van der Waals surface area contributed by atoms with E-state index in [0.717, 1.165) is 0 Å². The predicted octanol–water partition coefficient (Wildman–Crippen LogP) is 4.04. The van der Waals surface area contributed by atoms with Crippen molar-refractivity contribution in [3.63, 3.8) is 0 Å². The molecule has 0 spiro atoms. The van der Waals surface area contributed by atoms with E-state index in [1.54, 1.807) is 69.2 Å². The van der Waals surface area contributed by atoms with Gasteiger partial charge in [-0.3, -0.25) is 0 Å². The van der Waals surface area contributed by atoms with Crippen molar-refractivity contribution in [1.82, 2.24) is 0 Å². The highest BCUT2D eigenvalue weighted by molar-refractivity contribution is 5.92. The average Bonchev–Trinajstić information content (AvgIpc) is 2.32. The molecule has 0 rings (SSSR count). The number of carbonyl (C=O) groups excluding carboxylic acids is 2. The zero-order chi connectivity index (χ0) is 21.1. The lowest BCUT2D eigenvalue weighted by atomic mass is 9.84. The van der Waals surface area contributed by atoms with Gasteiger partial charge in [0.15, 0.2) is 0 Å². The number of esters is 2. The molecule has 0 aliphatic heterocycles. The molecule has 0 aromatic rings. The summed E-state index contributed by atoms with van der Waals surface area (Å²) in [6.45, 7) is 20.7. The molecule has 6 heteroatoms. The maximum Gasteiger partial charge on any atom is 0.342 e. The molecule has 0 aromatic heterocycles. The molecular formula is C20H38O6. The van der Waals surface area contributed by atoms with E-state index in [9.17, 15) is 9.59 Å². The standard InChI is InChI=1S/C20H38O6/c1-13(2)23-19(11,15(21)25-17(5,6)7)20(12,24-14(3)4)16(22)26-18(8,9)10/h13-14H,1-12H3. The lowest BCUT2D eigenvalue weighted by molar-refractivity contribution is -0.249. The van der Waals surface area contributed by atoms with Crippen molar-refractivity contribution in [1.29, 1.82) is 0 Å². The van der Waals surface area contributed by atoms with Gasteiger partial charge in [0, 0.05) is 0 Å². The third kappa shape index (κ3) is 6.88. The van der Waals surface area contributed by atoms with Gasteiger partial charge in [0.2, 0.25) is 11.2 Å². The molecule has 0 saturated heterocycles. The van der Waals surface area contributed by atoms with Crippen molar-refractivity contribution in [2.45, 2.75) is 118 Å². The van der Waals surface area contributed by atoms with Crippen LogP contribution >= 0.6 is 0 Å². The first kappa shape index (κ1) is 24.9. The van der Waals surface area contributed by atoms with Crippen molar-refractivity contribution in [3.05, 3.63) is 0 Å². The largest absolute Gasteiger partial charge is 0.458 e. The average molecular weight is 375 g/mol. The Hall–Kier alpha value is -1.14. The van der Waals surface area contributed by atoms with Crippen molar-refractivity contribution in [2.75, 3.05) is 0 Å². The van der Waals surface area contributed by atoms with Crippen LogP contribution in [-0.4, -0.2) is 46.6 Å². The minimum Gasteiger partial charge on any atom is -0.458 e. The third-order valence-corrected chi connectivity index (χ3v) is 3.43. The first-order valence-electron chi connectivity index (χ1n) is 9.16. The maximum absolute atomic E-state index is 13.1. The Morgan fingerprint density at radius 3 is 0.962 bits per heavy atom. The minimum absolute atomic E-state index is 0.343. The summed E-state index contributed by atoms with van der Waals surface area (Å²) in [4.78, 5) is 26.2. The molecule has 6 nitrogen and oxygen atoms in total. The fourth-order valence-corrected chi connectivity index (χ4v) is 2.40. The van der Waals surface area contributed by atoms with Crippen LogP contribution in [0.1, 0.15) is 83.1 Å². The summed E-state index contributed by atoms with van der Waals surface area (Å²) < 4.78 is 23.0. The van der Waals surface area contributed by atoms with E-state index in [-0.39, 0.29) is 12.2 Å². The fraction of sp³-hybridized carbons (Fsp3) is 0.900. The van der Waals surface area contributed by atoms with Crippen LogP contribution in [0.5, 0.6) is 0 Å². The molecule has 154 valence electrons. The van der Waals surface area contributed by atoms with Gasteiger partial charge in [0.25, 0.3) is 0 Å². The van der Waals surface area contributed by atoms with Crippen LogP contribution in [0.25, 0.3) is 0 Å². The Morgan fingerprint density at radius 1 is 0.577 bits per heavy atom. The molecule has 0 heterocycles. The summed E-state index contributed by atoms with van der Waals surface area (Å²) in [5, 5.41) is 0. The van der Waals surface area contributed by atoms with Gasteiger partial charge in [-0.05, 0) is 83.1 Å². The maximum atomic E-state index is 13.1. The van der Waals surface area contributed by atoms with Crippen LogP contribution < -0.4 is 0 Å². The summed E-state index contributed by atoms with van der Waals surface area (Å²) in [5.41, 5.74) is -4.88. The van der Waals surface area contributed by atoms with Crippen molar-refractivity contribution in [2.24, 2.45) is 0 Å². The second kappa shape index (κ2) is 8.26. The van der Waals surface area contributed by atoms with E-state index >= 15 is 0 Å². The normalized spacial score (nSPS) is 17.6. The molecule has 0 fully saturated rings. The quantitative estimate of drug-likeness (QED) is 0.626. The second-order valence-corrected chi connectivity index (χ2v) is 9.40. The SMILES string of the molecule is CC(C)OC(C)(C(=O)OC(C)(C)C)C(C)(OC(C)C)C(=O)OC(C)(C)C. The van der Waals surface area contributed by atoms with Gasteiger partial charge >= 0.3 is 11.9 Å². The molecule has 2 atom stereocenters. The second-order valence-electron chi connectivity index (χ2n) is 9.40. The van der Waals surface area contributed by atoms with E-state index in [2.05, 4.69) is 0 Å². The molecule has 2 unspecified atom stereocenters. The first-order chi connectivity index (χ1) is 11.3. The van der Waals surface area contributed by atoms with Crippen LogP contribution in [0, 0.1) is 0 Å². The van der Waals surface area contributed by atoms with E-state index < -0.39 is 34.3 Å². The minimum atomic E-state index is -1.69.